The predicted octanol–water partition coefficient (Wildman–Crippen LogP) is 3.20. The Balaban J connectivity index is 2.68. The Morgan fingerprint density at radius 3 is 1.84 bits per heavy atom. The fourth-order valence-electron chi connectivity index (χ4n) is 2.52. The molecule has 0 aliphatic rings. The number of carbonyl (C=O) groups excluding carboxylic acids is 2. The van der Waals surface area contributed by atoms with Crippen molar-refractivity contribution in [3.63, 3.8) is 0 Å². The van der Waals surface area contributed by atoms with Crippen LogP contribution in [0.2, 0.25) is 0 Å². The van der Waals surface area contributed by atoms with E-state index >= 15 is 0 Å². The summed E-state index contributed by atoms with van der Waals surface area (Å²) in [6.45, 7) is 0. The van der Waals surface area contributed by atoms with Crippen LogP contribution >= 0.6 is 0 Å². The molecular weight excluding hydrogens is 238 g/mol. The number of hydrogen-bond donors (Lipinski definition) is 1. The van der Waals surface area contributed by atoms with Crippen LogP contribution in [0.4, 0.5) is 5.69 Å². The van der Waals surface area contributed by atoms with E-state index in [1.54, 1.807) is 18.2 Å². The summed E-state index contributed by atoms with van der Waals surface area (Å²) in [6.07, 6.45) is 1.65. The highest BCUT2D eigenvalue weighted by molar-refractivity contribution is 6.20. The lowest BCUT2D eigenvalue weighted by atomic mass is 9.92. The zero-order valence-corrected chi connectivity index (χ0v) is 10.1. The summed E-state index contributed by atoms with van der Waals surface area (Å²) < 4.78 is 0. The fraction of sp³-hybridized carbons (Fsp3) is 0. The quantitative estimate of drug-likeness (QED) is 0.431. The summed E-state index contributed by atoms with van der Waals surface area (Å²) in [6, 6.07) is 12.6. The van der Waals surface area contributed by atoms with Crippen molar-refractivity contribution in [1.29, 1.82) is 0 Å². The van der Waals surface area contributed by atoms with Crippen molar-refractivity contribution in [2.45, 2.75) is 0 Å². The molecule has 0 spiro atoms. The van der Waals surface area contributed by atoms with Gasteiger partial charge in [0, 0.05) is 16.8 Å². The molecule has 0 aliphatic heterocycles. The topological polar surface area (TPSA) is 60.2 Å². The Hall–Kier alpha value is -2.68. The second-order valence-electron chi connectivity index (χ2n) is 4.41. The van der Waals surface area contributed by atoms with Crippen LogP contribution in [-0.2, 0) is 0 Å². The molecule has 19 heavy (non-hydrogen) atoms. The minimum absolute atomic E-state index is 0.572. The van der Waals surface area contributed by atoms with E-state index < -0.39 is 0 Å². The monoisotopic (exact) mass is 249 g/mol. The molecule has 0 amide bonds. The molecule has 0 atom stereocenters. The molecule has 3 aromatic carbocycles. The SMILES string of the molecule is Nc1ccc2c(C=O)c3ccccc3c(C=O)c2c1. The number of aldehydes is 2. The van der Waals surface area contributed by atoms with Crippen LogP contribution in [0.1, 0.15) is 20.7 Å². The third-order valence-electron chi connectivity index (χ3n) is 3.37. The minimum Gasteiger partial charge on any atom is -0.399 e. The molecule has 0 aromatic heterocycles. The van der Waals surface area contributed by atoms with Crippen LogP contribution < -0.4 is 5.73 Å². The van der Waals surface area contributed by atoms with Crippen LogP contribution in [0.15, 0.2) is 42.5 Å². The van der Waals surface area contributed by atoms with Crippen molar-refractivity contribution in [3.05, 3.63) is 53.6 Å². The second kappa shape index (κ2) is 4.21. The molecule has 0 heterocycles. The molecule has 3 rings (SSSR count). The first-order valence-electron chi connectivity index (χ1n) is 5.90. The Morgan fingerprint density at radius 1 is 0.737 bits per heavy atom. The van der Waals surface area contributed by atoms with Crippen molar-refractivity contribution < 1.29 is 9.59 Å². The van der Waals surface area contributed by atoms with Gasteiger partial charge in [-0.3, -0.25) is 9.59 Å². The molecule has 2 N–H and O–H groups in total. The molecule has 3 heteroatoms. The number of hydrogen-bond acceptors (Lipinski definition) is 3. The van der Waals surface area contributed by atoms with E-state index in [1.807, 2.05) is 24.3 Å². The second-order valence-corrected chi connectivity index (χ2v) is 4.41. The van der Waals surface area contributed by atoms with Crippen molar-refractivity contribution in [2.75, 3.05) is 5.73 Å². The Bertz CT molecular complexity index is 822. The third-order valence-corrected chi connectivity index (χ3v) is 3.37. The van der Waals surface area contributed by atoms with Gasteiger partial charge in [0.25, 0.3) is 0 Å². The molecule has 0 saturated heterocycles. The summed E-state index contributed by atoms with van der Waals surface area (Å²) in [4.78, 5) is 22.8. The standard InChI is InChI=1S/C16H11NO2/c17-10-5-6-13-14(7-10)16(9-19)12-4-2-1-3-11(12)15(13)8-18/h1-9H,17H2. The highest BCUT2D eigenvalue weighted by atomic mass is 16.1. The van der Waals surface area contributed by atoms with Gasteiger partial charge in [-0.2, -0.15) is 0 Å². The van der Waals surface area contributed by atoms with E-state index in [0.29, 0.717) is 16.8 Å². The van der Waals surface area contributed by atoms with Crippen molar-refractivity contribution in [3.8, 4) is 0 Å². The van der Waals surface area contributed by atoms with Crippen LogP contribution in [0.3, 0.4) is 0 Å². The van der Waals surface area contributed by atoms with Crippen LogP contribution in [0.25, 0.3) is 21.5 Å². The lowest BCUT2D eigenvalue weighted by molar-refractivity contribution is 0.111. The maximum atomic E-state index is 11.4. The van der Waals surface area contributed by atoms with Gasteiger partial charge in [-0.25, -0.2) is 0 Å². The highest BCUT2D eigenvalue weighted by Crippen LogP contribution is 2.32. The fourth-order valence-corrected chi connectivity index (χ4v) is 2.52. The largest absolute Gasteiger partial charge is 0.399 e. The van der Waals surface area contributed by atoms with Crippen LogP contribution in [-0.4, -0.2) is 12.6 Å². The average molecular weight is 249 g/mol. The predicted molar refractivity (Wildman–Crippen MR) is 76.6 cm³/mol. The van der Waals surface area contributed by atoms with Crippen molar-refractivity contribution in [2.24, 2.45) is 0 Å². The van der Waals surface area contributed by atoms with Gasteiger partial charge in [-0.1, -0.05) is 30.3 Å². The van der Waals surface area contributed by atoms with Gasteiger partial charge in [-0.15, -0.1) is 0 Å². The van der Waals surface area contributed by atoms with Gasteiger partial charge in [0.1, 0.15) is 0 Å². The summed E-state index contributed by atoms with van der Waals surface area (Å²) in [5, 5.41) is 3.04. The van der Waals surface area contributed by atoms with E-state index in [-0.39, 0.29) is 0 Å². The lowest BCUT2D eigenvalue weighted by Gasteiger charge is -2.10. The molecule has 0 radical (unpaired) electrons. The molecule has 3 aromatic rings. The number of benzene rings is 3. The van der Waals surface area contributed by atoms with E-state index in [9.17, 15) is 9.59 Å². The lowest BCUT2D eigenvalue weighted by Crippen LogP contribution is -1.95. The van der Waals surface area contributed by atoms with Gasteiger partial charge in [0.05, 0.1) is 0 Å². The zero-order valence-electron chi connectivity index (χ0n) is 10.1. The average Bonchev–Trinajstić information content (AvgIpc) is 2.44. The Labute approximate surface area is 109 Å². The van der Waals surface area contributed by atoms with Gasteiger partial charge < -0.3 is 5.73 Å². The molecule has 0 bridgehead atoms. The van der Waals surface area contributed by atoms with E-state index in [2.05, 4.69) is 0 Å². The van der Waals surface area contributed by atoms with Crippen molar-refractivity contribution in [1.82, 2.24) is 0 Å². The molecule has 0 unspecified atom stereocenters. The maximum Gasteiger partial charge on any atom is 0.151 e. The summed E-state index contributed by atoms with van der Waals surface area (Å²) in [5.41, 5.74) is 7.52. The van der Waals surface area contributed by atoms with E-state index in [1.165, 1.54) is 0 Å². The van der Waals surface area contributed by atoms with Crippen LogP contribution in [0.5, 0.6) is 0 Å². The first-order chi connectivity index (χ1) is 9.26. The number of nitrogen functional groups attached to an aromatic ring is 1. The minimum atomic E-state index is 0.572. The number of nitrogens with two attached hydrogens (primary N) is 1. The zero-order chi connectivity index (χ0) is 13.4. The first-order valence-corrected chi connectivity index (χ1v) is 5.90. The van der Waals surface area contributed by atoms with Gasteiger partial charge in [-0.05, 0) is 33.7 Å². The molecule has 0 saturated carbocycles. The Kier molecular flexibility index (Phi) is 2.53. The third kappa shape index (κ3) is 1.59. The number of anilines is 1. The van der Waals surface area contributed by atoms with E-state index in [0.717, 1.165) is 34.1 Å². The molecular formula is C16H11NO2. The maximum absolute atomic E-state index is 11.4. The number of rotatable bonds is 2. The Morgan fingerprint density at radius 2 is 1.26 bits per heavy atom. The molecule has 0 fully saturated rings. The van der Waals surface area contributed by atoms with Crippen LogP contribution in [0, 0.1) is 0 Å². The van der Waals surface area contributed by atoms with Gasteiger partial charge >= 0.3 is 0 Å². The van der Waals surface area contributed by atoms with Gasteiger partial charge in [0.2, 0.25) is 0 Å². The van der Waals surface area contributed by atoms with Gasteiger partial charge in [0.15, 0.2) is 12.6 Å². The molecule has 3 nitrogen and oxygen atoms in total. The first kappa shape index (κ1) is 11.4. The number of fused-ring (bicyclic) bond motifs is 2. The smallest absolute Gasteiger partial charge is 0.151 e. The number of carbonyl (C=O) groups is 2. The highest BCUT2D eigenvalue weighted by Gasteiger charge is 2.12. The summed E-state index contributed by atoms with van der Waals surface area (Å²) >= 11 is 0. The normalized spacial score (nSPS) is 10.7. The summed E-state index contributed by atoms with van der Waals surface area (Å²) in [7, 11) is 0. The summed E-state index contributed by atoms with van der Waals surface area (Å²) in [5.74, 6) is 0. The molecule has 0 aliphatic carbocycles. The van der Waals surface area contributed by atoms with E-state index in [4.69, 9.17) is 5.73 Å². The molecule has 92 valence electrons. The van der Waals surface area contributed by atoms with Crippen molar-refractivity contribution >= 4 is 39.8 Å².